The molecule has 104 valence electrons. The van der Waals surface area contributed by atoms with Crippen LogP contribution in [0.2, 0.25) is 0 Å². The molecule has 0 radical (unpaired) electrons. The molecule has 0 aromatic carbocycles. The number of hydrogen-bond acceptors (Lipinski definition) is 3. The number of aromatic nitrogens is 2. The van der Waals surface area contributed by atoms with Gasteiger partial charge in [-0.15, -0.1) is 0 Å². The lowest BCUT2D eigenvalue weighted by atomic mass is 10.1. The second-order valence-electron chi connectivity index (χ2n) is 5.17. The smallest absolute Gasteiger partial charge is 0.308 e. The van der Waals surface area contributed by atoms with Crippen LogP contribution in [-0.4, -0.2) is 38.2 Å². The number of carbonyl (C=O) groups excluding carboxylic acids is 1. The van der Waals surface area contributed by atoms with Crippen molar-refractivity contribution < 1.29 is 14.7 Å². The molecule has 1 N–H and O–H groups in total. The van der Waals surface area contributed by atoms with Gasteiger partial charge < -0.3 is 10.0 Å². The Morgan fingerprint density at radius 2 is 2.11 bits per heavy atom. The highest BCUT2D eigenvalue weighted by Gasteiger charge is 2.38. The van der Waals surface area contributed by atoms with Crippen molar-refractivity contribution in [3.8, 4) is 0 Å². The van der Waals surface area contributed by atoms with Gasteiger partial charge in [0, 0.05) is 31.3 Å². The second-order valence-corrected chi connectivity index (χ2v) is 5.17. The quantitative estimate of drug-likeness (QED) is 0.885. The molecule has 2 atom stereocenters. The third-order valence-corrected chi connectivity index (χ3v) is 3.96. The van der Waals surface area contributed by atoms with Gasteiger partial charge in [-0.05, 0) is 20.8 Å². The van der Waals surface area contributed by atoms with E-state index in [9.17, 15) is 9.59 Å². The first kappa shape index (κ1) is 13.6. The van der Waals surface area contributed by atoms with Gasteiger partial charge in [0.25, 0.3) is 0 Å². The molecule has 1 aliphatic rings. The first-order valence-electron chi connectivity index (χ1n) is 6.35. The minimum atomic E-state index is -0.900. The molecule has 1 saturated heterocycles. The molecular weight excluding hydrogens is 246 g/mol. The molecule has 1 amide bonds. The highest BCUT2D eigenvalue weighted by atomic mass is 16.4. The molecule has 2 unspecified atom stereocenters. The van der Waals surface area contributed by atoms with Gasteiger partial charge in [0.1, 0.15) is 0 Å². The maximum atomic E-state index is 12.0. The number of hydrogen-bond donors (Lipinski definition) is 1. The first-order valence-corrected chi connectivity index (χ1v) is 6.35. The van der Waals surface area contributed by atoms with Crippen LogP contribution in [0.15, 0.2) is 0 Å². The van der Waals surface area contributed by atoms with Gasteiger partial charge in [-0.1, -0.05) is 0 Å². The number of amides is 1. The van der Waals surface area contributed by atoms with Gasteiger partial charge in [-0.25, -0.2) is 0 Å². The van der Waals surface area contributed by atoms with Gasteiger partial charge in [0.05, 0.1) is 17.7 Å². The maximum absolute atomic E-state index is 12.0. The van der Waals surface area contributed by atoms with Crippen LogP contribution < -0.4 is 0 Å². The summed E-state index contributed by atoms with van der Waals surface area (Å²) < 4.78 is 1.79. The lowest BCUT2D eigenvalue weighted by Crippen LogP contribution is -2.30. The largest absolute Gasteiger partial charge is 0.481 e. The molecule has 1 aromatic rings. The summed E-state index contributed by atoms with van der Waals surface area (Å²) in [6.45, 7) is 6.08. The summed E-state index contributed by atoms with van der Waals surface area (Å²) in [4.78, 5) is 24.6. The zero-order valence-corrected chi connectivity index (χ0v) is 11.7. The van der Waals surface area contributed by atoms with Crippen molar-refractivity contribution in [3.63, 3.8) is 0 Å². The summed E-state index contributed by atoms with van der Waals surface area (Å²) in [5.74, 6) is -1.59. The number of aryl methyl sites for hydroxylation is 2. The van der Waals surface area contributed by atoms with Crippen molar-refractivity contribution in [3.05, 3.63) is 17.0 Å². The van der Waals surface area contributed by atoms with Gasteiger partial charge in [-0.2, -0.15) is 5.10 Å². The predicted octanol–water partition coefficient (Wildman–Crippen LogP) is 1.03. The molecule has 1 aromatic heterocycles. The Hall–Kier alpha value is -1.85. The van der Waals surface area contributed by atoms with Crippen LogP contribution >= 0.6 is 0 Å². The van der Waals surface area contributed by atoms with Crippen LogP contribution in [-0.2, 0) is 16.6 Å². The molecule has 0 spiro atoms. The third kappa shape index (κ3) is 2.22. The Morgan fingerprint density at radius 1 is 1.47 bits per heavy atom. The van der Waals surface area contributed by atoms with E-state index in [1.54, 1.807) is 9.58 Å². The van der Waals surface area contributed by atoms with E-state index >= 15 is 0 Å². The highest BCUT2D eigenvalue weighted by Crippen LogP contribution is 2.31. The molecule has 0 bridgehead atoms. The Bertz CT molecular complexity index is 535. The number of aliphatic carboxylic acids is 1. The predicted molar refractivity (Wildman–Crippen MR) is 68.6 cm³/mol. The third-order valence-electron chi connectivity index (χ3n) is 3.96. The lowest BCUT2D eigenvalue weighted by molar-refractivity contribution is -0.141. The van der Waals surface area contributed by atoms with Crippen LogP contribution in [0.5, 0.6) is 0 Å². The Morgan fingerprint density at radius 3 is 2.53 bits per heavy atom. The fourth-order valence-electron chi connectivity index (χ4n) is 2.82. The fourth-order valence-corrected chi connectivity index (χ4v) is 2.82. The first-order chi connectivity index (χ1) is 8.82. The Balaban J connectivity index is 2.27. The number of rotatable bonds is 3. The number of nitrogens with zero attached hydrogens (tertiary/aromatic N) is 3. The average Bonchev–Trinajstić information content (AvgIpc) is 2.81. The molecule has 6 heteroatoms. The van der Waals surface area contributed by atoms with Crippen LogP contribution in [0.3, 0.4) is 0 Å². The fraction of sp³-hybridized carbons (Fsp3) is 0.615. The minimum Gasteiger partial charge on any atom is -0.481 e. The minimum absolute atomic E-state index is 0.0949. The van der Waals surface area contributed by atoms with E-state index in [0.29, 0.717) is 0 Å². The van der Waals surface area contributed by atoms with Gasteiger partial charge in [0.2, 0.25) is 5.91 Å². The zero-order chi connectivity index (χ0) is 14.3. The molecule has 2 rings (SSSR count). The van der Waals surface area contributed by atoms with Crippen LogP contribution in [0.4, 0.5) is 0 Å². The van der Waals surface area contributed by atoms with E-state index in [1.165, 1.54) is 0 Å². The molecule has 0 saturated carbocycles. The van der Waals surface area contributed by atoms with Crippen molar-refractivity contribution in [2.45, 2.75) is 33.2 Å². The Kier molecular flexibility index (Phi) is 3.34. The average molecular weight is 265 g/mol. The maximum Gasteiger partial charge on any atom is 0.308 e. The summed E-state index contributed by atoms with van der Waals surface area (Å²) >= 11 is 0. The van der Waals surface area contributed by atoms with E-state index in [1.807, 2.05) is 27.8 Å². The molecule has 19 heavy (non-hydrogen) atoms. The van der Waals surface area contributed by atoms with Crippen LogP contribution in [0.1, 0.15) is 36.3 Å². The topological polar surface area (TPSA) is 75.4 Å². The monoisotopic (exact) mass is 265 g/mol. The summed E-state index contributed by atoms with van der Waals surface area (Å²) in [6, 6.07) is -0.134. The lowest BCUT2D eigenvalue weighted by Gasteiger charge is -2.25. The number of carboxylic acid groups (broad SMARTS) is 1. The SMILES string of the molecule is Cc1nn(C)c(C)c1C(C)N1CC(C(=O)O)CC1=O. The molecule has 2 heterocycles. The van der Waals surface area contributed by atoms with Crippen molar-refractivity contribution in [1.29, 1.82) is 0 Å². The van der Waals surface area contributed by atoms with Crippen molar-refractivity contribution in [1.82, 2.24) is 14.7 Å². The molecule has 0 aliphatic carbocycles. The summed E-state index contributed by atoms with van der Waals surface area (Å²) in [5.41, 5.74) is 2.91. The van der Waals surface area contributed by atoms with Crippen LogP contribution in [0, 0.1) is 19.8 Å². The van der Waals surface area contributed by atoms with E-state index in [-0.39, 0.29) is 24.9 Å². The molecule has 6 nitrogen and oxygen atoms in total. The Labute approximate surface area is 112 Å². The van der Waals surface area contributed by atoms with Gasteiger partial charge >= 0.3 is 5.97 Å². The zero-order valence-electron chi connectivity index (χ0n) is 11.7. The van der Waals surface area contributed by atoms with Crippen molar-refractivity contribution in [2.75, 3.05) is 6.54 Å². The highest BCUT2D eigenvalue weighted by molar-refractivity contribution is 5.86. The molecule has 1 fully saturated rings. The van der Waals surface area contributed by atoms with Crippen molar-refractivity contribution >= 4 is 11.9 Å². The van der Waals surface area contributed by atoms with E-state index in [2.05, 4.69) is 5.10 Å². The summed E-state index contributed by atoms with van der Waals surface area (Å²) in [6.07, 6.45) is 0.0953. The number of carbonyl (C=O) groups is 2. The van der Waals surface area contributed by atoms with E-state index < -0.39 is 11.9 Å². The molecular formula is C13H19N3O3. The number of carboxylic acids is 1. The normalized spacial score (nSPS) is 20.9. The second kappa shape index (κ2) is 4.68. The number of likely N-dealkylation sites (tertiary alicyclic amines) is 1. The van der Waals surface area contributed by atoms with Gasteiger partial charge in [0.15, 0.2) is 0 Å². The van der Waals surface area contributed by atoms with Crippen LogP contribution in [0.25, 0.3) is 0 Å². The molecule has 1 aliphatic heterocycles. The summed E-state index contributed by atoms with van der Waals surface area (Å²) in [5, 5.41) is 13.4. The van der Waals surface area contributed by atoms with E-state index in [0.717, 1.165) is 17.0 Å². The van der Waals surface area contributed by atoms with Gasteiger partial charge in [-0.3, -0.25) is 14.3 Å². The van der Waals surface area contributed by atoms with Crippen molar-refractivity contribution in [2.24, 2.45) is 13.0 Å². The van der Waals surface area contributed by atoms with E-state index in [4.69, 9.17) is 5.11 Å². The standard InChI is InChI=1S/C13H19N3O3/c1-7-12(8(2)15(4)14-7)9(3)16-6-10(13(18)19)5-11(16)17/h9-10H,5-6H2,1-4H3,(H,18,19). The summed E-state index contributed by atoms with van der Waals surface area (Å²) in [7, 11) is 1.87.